The standard InChI is InChI=1S/C30H39F3N4OS/c1-18-13-25-27(39-19(2)36-25)29(17-35-18)16-34-15-23(29)28(38)37-12-9-21(22-5-3-4-6-24(22)31)14-26(37)20-7-10-30(32,33)11-8-20/h3-6,18,20-21,23,26,34-35H,7-17H2,1-2H3/p+2/t18-,21-,23+,26+,29+/m1/s1. The zero-order valence-corrected chi connectivity index (χ0v) is 23.8. The van der Waals surface area contributed by atoms with Gasteiger partial charge >= 0.3 is 0 Å². The highest BCUT2D eigenvalue weighted by atomic mass is 32.1. The number of hydrogen-bond donors (Lipinski definition) is 2. The van der Waals surface area contributed by atoms with Gasteiger partial charge in [0.25, 0.3) is 0 Å². The summed E-state index contributed by atoms with van der Waals surface area (Å²) in [5.41, 5.74) is 1.57. The van der Waals surface area contributed by atoms with Crippen molar-refractivity contribution in [2.24, 2.45) is 11.8 Å². The molecule has 1 aromatic carbocycles. The molecule has 2 saturated heterocycles. The molecule has 5 nitrogen and oxygen atoms in total. The van der Waals surface area contributed by atoms with Crippen molar-refractivity contribution in [2.75, 3.05) is 26.2 Å². The molecule has 5 atom stereocenters. The van der Waals surface area contributed by atoms with Gasteiger partial charge in [0.05, 0.1) is 36.4 Å². The van der Waals surface area contributed by atoms with E-state index in [-0.39, 0.29) is 53.8 Å². The third kappa shape index (κ3) is 5.04. The van der Waals surface area contributed by atoms with Gasteiger partial charge in [0.1, 0.15) is 17.2 Å². The minimum absolute atomic E-state index is 0.00500. The molecular weight excluding hydrogens is 521 g/mol. The van der Waals surface area contributed by atoms with Crippen LogP contribution < -0.4 is 10.6 Å². The smallest absolute Gasteiger partial charge is 0.248 e. The van der Waals surface area contributed by atoms with Gasteiger partial charge in [-0.1, -0.05) is 18.2 Å². The van der Waals surface area contributed by atoms with Crippen molar-refractivity contribution in [3.8, 4) is 0 Å². The predicted molar refractivity (Wildman–Crippen MR) is 144 cm³/mol. The molecule has 4 heterocycles. The number of thiazole rings is 1. The van der Waals surface area contributed by atoms with Crippen molar-refractivity contribution < 1.29 is 28.6 Å². The van der Waals surface area contributed by atoms with Gasteiger partial charge < -0.3 is 15.5 Å². The third-order valence-electron chi connectivity index (χ3n) is 10.1. The highest BCUT2D eigenvalue weighted by Crippen LogP contribution is 2.46. The average molecular weight is 563 g/mol. The third-order valence-corrected chi connectivity index (χ3v) is 11.3. The van der Waals surface area contributed by atoms with Crippen molar-refractivity contribution >= 4 is 17.2 Å². The molecule has 4 aliphatic rings. The molecule has 0 bridgehead atoms. The first kappa shape index (κ1) is 27.2. The van der Waals surface area contributed by atoms with Gasteiger partial charge in [-0.15, -0.1) is 11.3 Å². The lowest BCUT2D eigenvalue weighted by molar-refractivity contribution is -0.697. The van der Waals surface area contributed by atoms with Crippen molar-refractivity contribution in [1.82, 2.24) is 9.88 Å². The van der Waals surface area contributed by atoms with E-state index in [1.54, 1.807) is 17.4 Å². The van der Waals surface area contributed by atoms with Gasteiger partial charge in [0.15, 0.2) is 0 Å². The van der Waals surface area contributed by atoms with E-state index in [1.165, 1.54) is 10.9 Å². The van der Waals surface area contributed by atoms with Crippen LogP contribution in [0.15, 0.2) is 24.3 Å². The number of nitrogens with zero attached hydrogens (tertiary/aromatic N) is 2. The van der Waals surface area contributed by atoms with Gasteiger partial charge in [-0.3, -0.25) is 4.79 Å². The second-order valence-electron chi connectivity index (χ2n) is 12.6. The maximum Gasteiger partial charge on any atom is 0.248 e. The van der Waals surface area contributed by atoms with Crippen LogP contribution in [-0.2, 0) is 16.6 Å². The molecule has 39 heavy (non-hydrogen) atoms. The number of rotatable bonds is 3. The topological polar surface area (TPSA) is 66.4 Å². The second kappa shape index (κ2) is 10.5. The van der Waals surface area contributed by atoms with Crippen molar-refractivity contribution in [3.63, 3.8) is 0 Å². The first-order valence-electron chi connectivity index (χ1n) is 14.7. The van der Waals surface area contributed by atoms with E-state index in [1.807, 2.05) is 12.1 Å². The van der Waals surface area contributed by atoms with Crippen LogP contribution in [0.2, 0.25) is 0 Å². The number of halogens is 3. The summed E-state index contributed by atoms with van der Waals surface area (Å²) in [7, 11) is 0. The van der Waals surface area contributed by atoms with Crippen molar-refractivity contribution in [1.29, 1.82) is 0 Å². The second-order valence-corrected chi connectivity index (χ2v) is 13.8. The van der Waals surface area contributed by atoms with Crippen LogP contribution in [0.1, 0.15) is 72.5 Å². The Kier molecular flexibility index (Phi) is 7.29. The van der Waals surface area contributed by atoms with Crippen LogP contribution in [0, 0.1) is 24.6 Å². The van der Waals surface area contributed by atoms with Crippen LogP contribution in [0.3, 0.4) is 0 Å². The molecule has 0 radical (unpaired) electrons. The summed E-state index contributed by atoms with van der Waals surface area (Å²) in [6, 6.07) is 7.19. The number of amides is 1. The first-order valence-corrected chi connectivity index (χ1v) is 15.5. The molecule has 6 rings (SSSR count). The summed E-state index contributed by atoms with van der Waals surface area (Å²) >= 11 is 1.75. The lowest BCUT2D eigenvalue weighted by Gasteiger charge is -2.47. The van der Waals surface area contributed by atoms with E-state index < -0.39 is 5.92 Å². The Morgan fingerprint density at radius 3 is 2.69 bits per heavy atom. The first-order chi connectivity index (χ1) is 18.7. The summed E-state index contributed by atoms with van der Waals surface area (Å²) in [6.45, 7) is 7.31. The largest absolute Gasteiger partial charge is 0.345 e. The fourth-order valence-electron chi connectivity index (χ4n) is 8.03. The number of benzene rings is 1. The lowest BCUT2D eigenvalue weighted by Crippen LogP contribution is -2.93. The number of alkyl halides is 2. The Morgan fingerprint density at radius 1 is 1.15 bits per heavy atom. The van der Waals surface area contributed by atoms with Crippen LogP contribution in [0.4, 0.5) is 13.2 Å². The molecule has 0 unspecified atom stereocenters. The average Bonchev–Trinajstić information content (AvgIpc) is 3.47. The molecule has 3 aliphatic heterocycles. The minimum Gasteiger partial charge on any atom is -0.345 e. The van der Waals surface area contributed by atoms with E-state index in [0.717, 1.165) is 36.8 Å². The number of fused-ring (bicyclic) bond motifs is 2. The van der Waals surface area contributed by atoms with Gasteiger partial charge in [0, 0.05) is 36.7 Å². The molecule has 1 spiro atoms. The highest BCUT2D eigenvalue weighted by molar-refractivity contribution is 7.11. The number of aryl methyl sites for hydroxylation is 1. The summed E-state index contributed by atoms with van der Waals surface area (Å²) in [6.07, 6.45) is 2.82. The van der Waals surface area contributed by atoms with Gasteiger partial charge in [-0.2, -0.15) is 0 Å². The van der Waals surface area contributed by atoms with Gasteiger partial charge in [0.2, 0.25) is 11.8 Å². The Balaban J connectivity index is 1.32. The highest BCUT2D eigenvalue weighted by Gasteiger charge is 2.58. The molecule has 212 valence electrons. The maximum atomic E-state index is 14.8. The number of nitrogens with two attached hydrogens (primary N) is 2. The maximum absolute atomic E-state index is 14.8. The fourth-order valence-corrected chi connectivity index (χ4v) is 9.24. The molecule has 1 aromatic heterocycles. The van der Waals surface area contributed by atoms with E-state index in [4.69, 9.17) is 4.98 Å². The van der Waals surface area contributed by atoms with Gasteiger partial charge in [-0.25, -0.2) is 18.2 Å². The van der Waals surface area contributed by atoms with Crippen LogP contribution >= 0.6 is 11.3 Å². The van der Waals surface area contributed by atoms with E-state index in [2.05, 4.69) is 29.4 Å². The van der Waals surface area contributed by atoms with E-state index in [9.17, 15) is 18.0 Å². The molecule has 3 fully saturated rings. The Hall–Kier alpha value is -1.97. The number of aromatic nitrogens is 1. The fraction of sp³-hybridized carbons (Fsp3) is 0.667. The number of carbonyl (C=O) groups is 1. The summed E-state index contributed by atoms with van der Waals surface area (Å²) in [5, 5.41) is 5.72. The van der Waals surface area contributed by atoms with E-state index in [0.29, 0.717) is 43.8 Å². The molecule has 1 amide bonds. The zero-order chi connectivity index (χ0) is 27.4. The molecule has 4 N–H and O–H groups in total. The summed E-state index contributed by atoms with van der Waals surface area (Å²) in [5.74, 6) is -2.83. The number of quaternary nitrogens is 2. The molecule has 2 aromatic rings. The minimum atomic E-state index is -2.62. The van der Waals surface area contributed by atoms with Crippen molar-refractivity contribution in [3.05, 3.63) is 51.2 Å². The quantitative estimate of drug-likeness (QED) is 0.604. The number of hydrogen-bond acceptors (Lipinski definition) is 3. The van der Waals surface area contributed by atoms with Crippen molar-refractivity contribution in [2.45, 2.75) is 88.1 Å². The SMILES string of the molecule is Cc1nc2c(s1)[C@@]1(C[NH2+]C[C@H]1C(=O)N1CC[C@@H](c3ccccc3F)C[C@H]1C1CCC(F)(F)CC1)C[NH2+][C@H](C)C2. The molecule has 9 heteroatoms. The number of piperidine rings is 1. The monoisotopic (exact) mass is 562 g/mol. The van der Waals surface area contributed by atoms with Crippen LogP contribution in [-0.4, -0.2) is 60.0 Å². The Bertz CT molecular complexity index is 1210. The zero-order valence-electron chi connectivity index (χ0n) is 23.0. The Morgan fingerprint density at radius 2 is 1.92 bits per heavy atom. The molecule has 1 aliphatic carbocycles. The van der Waals surface area contributed by atoms with Crippen LogP contribution in [0.25, 0.3) is 0 Å². The normalized spacial score (nSPS) is 33.2. The Labute approximate surface area is 233 Å². The summed E-state index contributed by atoms with van der Waals surface area (Å²) in [4.78, 5) is 22.9. The lowest BCUT2D eigenvalue weighted by atomic mass is 9.72. The van der Waals surface area contributed by atoms with Gasteiger partial charge in [-0.05, 0) is 63.0 Å². The number of carbonyl (C=O) groups excluding carboxylic acids is 1. The summed E-state index contributed by atoms with van der Waals surface area (Å²) < 4.78 is 43.1. The van der Waals surface area contributed by atoms with E-state index >= 15 is 0 Å². The predicted octanol–water partition coefficient (Wildman–Crippen LogP) is 3.13. The number of likely N-dealkylation sites (tertiary alicyclic amines) is 1. The molecule has 1 saturated carbocycles. The molecular formula is C30H41F3N4OS+2. The van der Waals surface area contributed by atoms with Crippen LogP contribution in [0.5, 0.6) is 0 Å².